The van der Waals surface area contributed by atoms with Gasteiger partial charge < -0.3 is 15.0 Å². The van der Waals surface area contributed by atoms with Crippen LogP contribution in [-0.2, 0) is 6.54 Å². The van der Waals surface area contributed by atoms with Crippen molar-refractivity contribution < 1.29 is 18.3 Å². The third-order valence-corrected chi connectivity index (χ3v) is 3.13. The zero-order valence-corrected chi connectivity index (χ0v) is 13.4. The Balaban J connectivity index is 1.98. The Labute approximate surface area is 137 Å². The van der Waals surface area contributed by atoms with Gasteiger partial charge in [-0.2, -0.15) is 0 Å². The Morgan fingerprint density at radius 1 is 1.25 bits per heavy atom. The molecule has 0 radical (unpaired) electrons. The topological polar surface area (TPSA) is 71.2 Å². The van der Waals surface area contributed by atoms with E-state index in [9.17, 15) is 18.4 Å². The Hall–Kier alpha value is -2.70. The predicted octanol–water partition coefficient (Wildman–Crippen LogP) is 2.62. The van der Waals surface area contributed by atoms with Gasteiger partial charge in [-0.15, -0.1) is 0 Å². The summed E-state index contributed by atoms with van der Waals surface area (Å²) in [6.45, 7) is 4.40. The largest absolute Gasteiger partial charge is 0.488 e. The second-order valence-corrected chi connectivity index (χ2v) is 5.70. The summed E-state index contributed by atoms with van der Waals surface area (Å²) < 4.78 is 31.3. The first-order valence-corrected chi connectivity index (χ1v) is 7.44. The molecule has 0 spiro atoms. The van der Waals surface area contributed by atoms with Crippen LogP contribution in [0.3, 0.4) is 0 Å². The summed E-state index contributed by atoms with van der Waals surface area (Å²) in [7, 11) is 0. The highest BCUT2D eigenvalue weighted by molar-refractivity contribution is 5.94. The van der Waals surface area contributed by atoms with Gasteiger partial charge >= 0.3 is 0 Å². The van der Waals surface area contributed by atoms with E-state index in [1.165, 1.54) is 18.3 Å². The van der Waals surface area contributed by atoms with Crippen LogP contribution in [0.5, 0.6) is 5.75 Å². The molecule has 7 heteroatoms. The standard InChI is InChI=1S/C17H18F2N2O3/c1-10(2)9-24-16-8-20-12(6-15(16)22)7-21-17(23)11-3-4-13(18)14(19)5-11/h3-6,8,10H,7,9H2,1-2H3,(H,20,22)(H,21,23). The lowest BCUT2D eigenvalue weighted by Gasteiger charge is -2.09. The average molecular weight is 336 g/mol. The number of rotatable bonds is 6. The first-order chi connectivity index (χ1) is 11.4. The molecule has 5 nitrogen and oxygen atoms in total. The molecule has 0 saturated heterocycles. The molecule has 1 heterocycles. The van der Waals surface area contributed by atoms with E-state index in [4.69, 9.17) is 4.74 Å². The minimum absolute atomic E-state index is 0.00636. The van der Waals surface area contributed by atoms with E-state index in [1.54, 1.807) is 0 Å². The van der Waals surface area contributed by atoms with Crippen molar-refractivity contribution in [1.82, 2.24) is 10.3 Å². The Morgan fingerprint density at radius 2 is 2.00 bits per heavy atom. The minimum atomic E-state index is -1.09. The van der Waals surface area contributed by atoms with Crippen LogP contribution in [0.1, 0.15) is 29.9 Å². The number of carbonyl (C=O) groups is 1. The molecule has 0 aliphatic heterocycles. The molecule has 24 heavy (non-hydrogen) atoms. The van der Waals surface area contributed by atoms with Crippen molar-refractivity contribution in [2.24, 2.45) is 5.92 Å². The molecule has 0 saturated carbocycles. The minimum Gasteiger partial charge on any atom is -0.488 e. The number of amides is 1. The fraction of sp³-hybridized carbons (Fsp3) is 0.294. The van der Waals surface area contributed by atoms with Crippen molar-refractivity contribution in [1.29, 1.82) is 0 Å². The lowest BCUT2D eigenvalue weighted by atomic mass is 10.2. The number of halogens is 2. The molecule has 1 amide bonds. The quantitative estimate of drug-likeness (QED) is 0.852. The first-order valence-electron chi connectivity index (χ1n) is 7.44. The van der Waals surface area contributed by atoms with E-state index < -0.39 is 17.5 Å². The zero-order chi connectivity index (χ0) is 17.7. The fourth-order valence-electron chi connectivity index (χ4n) is 1.89. The van der Waals surface area contributed by atoms with Crippen LogP contribution in [0.4, 0.5) is 8.78 Å². The van der Waals surface area contributed by atoms with Crippen molar-refractivity contribution in [3.8, 4) is 5.75 Å². The van der Waals surface area contributed by atoms with Crippen molar-refractivity contribution in [2.75, 3.05) is 6.61 Å². The highest BCUT2D eigenvalue weighted by atomic mass is 19.2. The van der Waals surface area contributed by atoms with Crippen molar-refractivity contribution in [3.63, 3.8) is 0 Å². The molecule has 0 atom stereocenters. The Kier molecular flexibility index (Phi) is 5.68. The normalized spacial score (nSPS) is 10.7. The summed E-state index contributed by atoms with van der Waals surface area (Å²) in [6.07, 6.45) is 1.43. The monoisotopic (exact) mass is 336 g/mol. The maximum Gasteiger partial charge on any atom is 0.251 e. The molecule has 2 N–H and O–H groups in total. The maximum absolute atomic E-state index is 13.1. The number of hydrogen-bond donors (Lipinski definition) is 2. The second kappa shape index (κ2) is 7.72. The summed E-state index contributed by atoms with van der Waals surface area (Å²) >= 11 is 0. The van der Waals surface area contributed by atoms with Gasteiger partial charge in [-0.25, -0.2) is 8.78 Å². The first kappa shape index (κ1) is 17.7. The van der Waals surface area contributed by atoms with Gasteiger partial charge in [0.25, 0.3) is 5.91 Å². The van der Waals surface area contributed by atoms with Gasteiger partial charge in [0.2, 0.25) is 5.43 Å². The van der Waals surface area contributed by atoms with Gasteiger partial charge in [0.05, 0.1) is 13.2 Å². The van der Waals surface area contributed by atoms with E-state index in [1.807, 2.05) is 13.8 Å². The van der Waals surface area contributed by atoms with Crippen molar-refractivity contribution >= 4 is 5.91 Å². The van der Waals surface area contributed by atoms with E-state index >= 15 is 0 Å². The highest BCUT2D eigenvalue weighted by Gasteiger charge is 2.10. The molecule has 0 unspecified atom stereocenters. The molecular formula is C17H18F2N2O3. The number of aromatic nitrogens is 1. The fourth-order valence-corrected chi connectivity index (χ4v) is 1.89. The number of benzene rings is 1. The maximum atomic E-state index is 13.1. The van der Waals surface area contributed by atoms with Gasteiger partial charge in [-0.05, 0) is 24.1 Å². The van der Waals surface area contributed by atoms with Gasteiger partial charge in [0.1, 0.15) is 0 Å². The number of pyridine rings is 1. The summed E-state index contributed by atoms with van der Waals surface area (Å²) in [6, 6.07) is 4.20. The van der Waals surface area contributed by atoms with Crippen LogP contribution < -0.4 is 15.5 Å². The molecule has 0 bridgehead atoms. The van der Waals surface area contributed by atoms with Crippen LogP contribution in [0.15, 0.2) is 35.3 Å². The highest BCUT2D eigenvalue weighted by Crippen LogP contribution is 2.09. The summed E-state index contributed by atoms with van der Waals surface area (Å²) in [5.41, 5.74) is 0.160. The molecule has 0 aliphatic rings. The van der Waals surface area contributed by atoms with E-state index in [0.717, 1.165) is 12.1 Å². The summed E-state index contributed by atoms with van der Waals surface area (Å²) in [4.78, 5) is 26.6. The molecule has 0 fully saturated rings. The van der Waals surface area contributed by atoms with Crippen LogP contribution in [0.2, 0.25) is 0 Å². The Bertz CT molecular complexity index is 788. The number of ether oxygens (including phenoxy) is 1. The zero-order valence-electron chi connectivity index (χ0n) is 13.4. The van der Waals surface area contributed by atoms with Crippen molar-refractivity contribution in [2.45, 2.75) is 20.4 Å². The lowest BCUT2D eigenvalue weighted by molar-refractivity contribution is 0.0950. The number of aromatic amines is 1. The van der Waals surface area contributed by atoms with Gasteiger partial charge in [0, 0.05) is 23.5 Å². The third kappa shape index (κ3) is 4.65. The number of hydrogen-bond acceptors (Lipinski definition) is 3. The SMILES string of the molecule is CC(C)COc1c[nH]c(CNC(=O)c2ccc(F)c(F)c2)cc1=O. The molecule has 1 aromatic carbocycles. The molecule has 0 aliphatic carbocycles. The molecule has 128 valence electrons. The third-order valence-electron chi connectivity index (χ3n) is 3.13. The van der Waals surface area contributed by atoms with E-state index in [2.05, 4.69) is 10.3 Å². The molecular weight excluding hydrogens is 318 g/mol. The summed E-state index contributed by atoms with van der Waals surface area (Å²) in [5, 5.41) is 2.52. The van der Waals surface area contributed by atoms with E-state index in [0.29, 0.717) is 18.2 Å². The number of H-pyrrole nitrogens is 1. The lowest BCUT2D eigenvalue weighted by Crippen LogP contribution is -2.24. The van der Waals surface area contributed by atoms with Crippen molar-refractivity contribution in [3.05, 3.63) is 63.6 Å². The average Bonchev–Trinajstić information content (AvgIpc) is 2.54. The summed E-state index contributed by atoms with van der Waals surface area (Å²) in [5.74, 6) is -2.19. The molecule has 2 aromatic rings. The second-order valence-electron chi connectivity index (χ2n) is 5.70. The molecule has 1 aromatic heterocycles. The number of carbonyl (C=O) groups excluding carboxylic acids is 1. The van der Waals surface area contributed by atoms with Gasteiger partial charge in [-0.1, -0.05) is 13.8 Å². The smallest absolute Gasteiger partial charge is 0.251 e. The van der Waals surface area contributed by atoms with Gasteiger partial charge in [-0.3, -0.25) is 9.59 Å². The van der Waals surface area contributed by atoms with Crippen LogP contribution in [0.25, 0.3) is 0 Å². The van der Waals surface area contributed by atoms with Gasteiger partial charge in [0.15, 0.2) is 17.4 Å². The predicted molar refractivity (Wildman–Crippen MR) is 84.9 cm³/mol. The van der Waals surface area contributed by atoms with E-state index in [-0.39, 0.29) is 23.3 Å². The van der Waals surface area contributed by atoms with Crippen LogP contribution in [0, 0.1) is 17.6 Å². The Morgan fingerprint density at radius 3 is 2.62 bits per heavy atom. The molecule has 2 rings (SSSR count). The van der Waals surface area contributed by atoms with Crippen LogP contribution >= 0.6 is 0 Å². The number of nitrogens with one attached hydrogen (secondary N) is 2. The van der Waals surface area contributed by atoms with Crippen LogP contribution in [-0.4, -0.2) is 17.5 Å².